The predicted molar refractivity (Wildman–Crippen MR) is 89.0 cm³/mol. The molecule has 2 heterocycles. The molecule has 0 N–H and O–H groups in total. The summed E-state index contributed by atoms with van der Waals surface area (Å²) in [6.07, 6.45) is 2.72. The number of piperidine rings is 1. The van der Waals surface area contributed by atoms with Gasteiger partial charge in [0, 0.05) is 24.8 Å². The van der Waals surface area contributed by atoms with E-state index in [4.69, 9.17) is 16.3 Å². The standard InChI is InChI=1S/C15H22ClN3O3S/c1-10-8-17-13(18-12(10)16)23(21)11-6-5-7-19(9-11)14(20)22-15(2,3)4/h8,11H,5-7,9H2,1-4H3/t11-,23+/m0/s1. The van der Waals surface area contributed by atoms with Gasteiger partial charge in [-0.15, -0.1) is 0 Å². The monoisotopic (exact) mass is 359 g/mol. The minimum atomic E-state index is -1.40. The molecule has 0 saturated carbocycles. The molecule has 23 heavy (non-hydrogen) atoms. The van der Waals surface area contributed by atoms with Crippen molar-refractivity contribution < 1.29 is 13.7 Å². The highest BCUT2D eigenvalue weighted by Crippen LogP contribution is 2.22. The zero-order valence-electron chi connectivity index (χ0n) is 13.8. The van der Waals surface area contributed by atoms with Crippen LogP contribution >= 0.6 is 11.6 Å². The van der Waals surface area contributed by atoms with Gasteiger partial charge in [0.1, 0.15) is 10.8 Å². The van der Waals surface area contributed by atoms with Crippen molar-refractivity contribution in [2.75, 3.05) is 13.1 Å². The molecule has 0 spiro atoms. The Kier molecular flexibility index (Phi) is 5.62. The molecule has 2 rings (SSSR count). The Labute approximate surface area is 144 Å². The number of carbonyl (C=O) groups excluding carboxylic acids is 1. The Morgan fingerprint density at radius 2 is 2.17 bits per heavy atom. The fourth-order valence-electron chi connectivity index (χ4n) is 2.26. The molecule has 1 aromatic rings. The quantitative estimate of drug-likeness (QED) is 0.599. The number of hydrogen-bond acceptors (Lipinski definition) is 5. The summed E-state index contributed by atoms with van der Waals surface area (Å²) in [6.45, 7) is 8.25. The molecule has 128 valence electrons. The van der Waals surface area contributed by atoms with Crippen LogP contribution in [-0.4, -0.2) is 49.1 Å². The van der Waals surface area contributed by atoms with Crippen LogP contribution in [0.2, 0.25) is 5.15 Å². The van der Waals surface area contributed by atoms with Crippen LogP contribution in [0.3, 0.4) is 0 Å². The first-order valence-electron chi connectivity index (χ1n) is 7.55. The molecule has 1 aliphatic heterocycles. The molecule has 0 radical (unpaired) electrons. The first-order valence-corrected chi connectivity index (χ1v) is 9.14. The highest BCUT2D eigenvalue weighted by molar-refractivity contribution is 7.85. The van der Waals surface area contributed by atoms with Crippen LogP contribution in [0.15, 0.2) is 11.4 Å². The molecule has 0 aliphatic carbocycles. The molecular weight excluding hydrogens is 338 g/mol. The number of halogens is 1. The lowest BCUT2D eigenvalue weighted by Crippen LogP contribution is -2.46. The van der Waals surface area contributed by atoms with Gasteiger partial charge in [-0.2, -0.15) is 0 Å². The maximum Gasteiger partial charge on any atom is 0.410 e. The fourth-order valence-corrected chi connectivity index (χ4v) is 3.77. The molecule has 1 saturated heterocycles. The van der Waals surface area contributed by atoms with Crippen LogP contribution in [0.25, 0.3) is 0 Å². The highest BCUT2D eigenvalue weighted by atomic mass is 35.5. The second-order valence-electron chi connectivity index (χ2n) is 6.61. The van der Waals surface area contributed by atoms with Crippen molar-refractivity contribution in [2.24, 2.45) is 0 Å². The molecular formula is C15H22ClN3O3S. The Bertz CT molecular complexity index is 618. The zero-order chi connectivity index (χ0) is 17.2. The Morgan fingerprint density at radius 3 is 2.78 bits per heavy atom. The Hall–Kier alpha value is -1.21. The van der Waals surface area contributed by atoms with Crippen molar-refractivity contribution in [3.8, 4) is 0 Å². The molecule has 0 unspecified atom stereocenters. The minimum absolute atomic E-state index is 0.213. The maximum absolute atomic E-state index is 12.7. The number of aromatic nitrogens is 2. The van der Waals surface area contributed by atoms with Crippen molar-refractivity contribution in [2.45, 2.75) is 56.5 Å². The number of rotatable bonds is 2. The largest absolute Gasteiger partial charge is 0.444 e. The summed E-state index contributed by atoms with van der Waals surface area (Å²) in [7, 11) is -1.40. The van der Waals surface area contributed by atoms with Gasteiger partial charge in [-0.3, -0.25) is 4.21 Å². The van der Waals surface area contributed by atoms with Crippen molar-refractivity contribution >= 4 is 28.5 Å². The van der Waals surface area contributed by atoms with Gasteiger partial charge < -0.3 is 9.64 Å². The van der Waals surface area contributed by atoms with E-state index in [1.807, 2.05) is 20.8 Å². The molecule has 8 heteroatoms. The number of ether oxygens (including phenoxy) is 1. The Morgan fingerprint density at radius 1 is 1.48 bits per heavy atom. The second-order valence-corrected chi connectivity index (χ2v) is 8.60. The van der Waals surface area contributed by atoms with Crippen LogP contribution < -0.4 is 0 Å². The average molecular weight is 360 g/mol. The topological polar surface area (TPSA) is 72.4 Å². The first kappa shape index (κ1) is 18.1. The predicted octanol–water partition coefficient (Wildman–Crippen LogP) is 2.95. The zero-order valence-corrected chi connectivity index (χ0v) is 15.4. The summed E-state index contributed by atoms with van der Waals surface area (Å²) in [5.41, 5.74) is 0.197. The average Bonchev–Trinajstić information content (AvgIpc) is 2.48. The van der Waals surface area contributed by atoms with Gasteiger partial charge in [0.2, 0.25) is 5.16 Å². The number of amides is 1. The van der Waals surface area contributed by atoms with Crippen LogP contribution in [0.5, 0.6) is 0 Å². The molecule has 6 nitrogen and oxygen atoms in total. The molecule has 1 aliphatic rings. The van der Waals surface area contributed by atoms with E-state index in [0.29, 0.717) is 18.2 Å². The van der Waals surface area contributed by atoms with Crippen molar-refractivity contribution in [1.29, 1.82) is 0 Å². The van der Waals surface area contributed by atoms with Crippen molar-refractivity contribution in [3.05, 3.63) is 16.9 Å². The van der Waals surface area contributed by atoms with E-state index >= 15 is 0 Å². The molecule has 1 fully saturated rings. The number of hydrogen-bond donors (Lipinski definition) is 0. The van der Waals surface area contributed by atoms with Gasteiger partial charge in [0.05, 0.1) is 16.0 Å². The van der Waals surface area contributed by atoms with Crippen LogP contribution in [0.1, 0.15) is 39.2 Å². The lowest BCUT2D eigenvalue weighted by atomic mass is 10.1. The summed E-state index contributed by atoms with van der Waals surface area (Å²) < 4.78 is 18.0. The van der Waals surface area contributed by atoms with E-state index in [0.717, 1.165) is 18.4 Å². The van der Waals surface area contributed by atoms with Crippen LogP contribution in [-0.2, 0) is 15.5 Å². The first-order chi connectivity index (χ1) is 10.7. The molecule has 1 amide bonds. The van der Waals surface area contributed by atoms with Crippen molar-refractivity contribution in [3.63, 3.8) is 0 Å². The van der Waals surface area contributed by atoms with Crippen LogP contribution in [0.4, 0.5) is 4.79 Å². The van der Waals surface area contributed by atoms with E-state index in [2.05, 4.69) is 9.97 Å². The van der Waals surface area contributed by atoms with Gasteiger partial charge in [-0.1, -0.05) is 11.6 Å². The third-order valence-electron chi connectivity index (χ3n) is 3.40. The maximum atomic E-state index is 12.7. The number of nitrogens with zero attached hydrogens (tertiary/aromatic N) is 3. The summed E-state index contributed by atoms with van der Waals surface area (Å²) >= 11 is 5.98. The second kappa shape index (κ2) is 7.13. The number of carbonyl (C=O) groups is 1. The van der Waals surface area contributed by atoms with Gasteiger partial charge in [0.25, 0.3) is 0 Å². The molecule has 2 atom stereocenters. The van der Waals surface area contributed by atoms with E-state index in [-0.39, 0.29) is 16.5 Å². The smallest absolute Gasteiger partial charge is 0.410 e. The van der Waals surface area contributed by atoms with E-state index in [1.54, 1.807) is 18.0 Å². The van der Waals surface area contributed by atoms with Gasteiger partial charge in [-0.05, 0) is 40.5 Å². The number of likely N-dealkylation sites (tertiary alicyclic amines) is 1. The lowest BCUT2D eigenvalue weighted by Gasteiger charge is -2.33. The highest BCUT2D eigenvalue weighted by Gasteiger charge is 2.31. The summed E-state index contributed by atoms with van der Waals surface area (Å²) in [4.78, 5) is 22.0. The Balaban J connectivity index is 2.07. The SMILES string of the molecule is Cc1cnc([S@](=O)[C@H]2CCCN(C(=O)OC(C)(C)C)C2)nc1Cl. The minimum Gasteiger partial charge on any atom is -0.444 e. The third-order valence-corrected chi connectivity index (χ3v) is 5.33. The van der Waals surface area contributed by atoms with E-state index < -0.39 is 16.4 Å². The van der Waals surface area contributed by atoms with Gasteiger partial charge >= 0.3 is 6.09 Å². The number of aryl methyl sites for hydroxylation is 1. The van der Waals surface area contributed by atoms with E-state index in [1.165, 1.54) is 0 Å². The van der Waals surface area contributed by atoms with Crippen LogP contribution in [0, 0.1) is 6.92 Å². The normalized spacial score (nSPS) is 20.2. The third kappa shape index (κ3) is 4.88. The molecule has 1 aromatic heterocycles. The molecule has 0 aromatic carbocycles. The summed E-state index contributed by atoms with van der Waals surface area (Å²) in [5, 5.41) is 0.315. The fraction of sp³-hybridized carbons (Fsp3) is 0.667. The van der Waals surface area contributed by atoms with Gasteiger partial charge in [0.15, 0.2) is 0 Å². The summed E-state index contributed by atoms with van der Waals surface area (Å²) in [6, 6.07) is 0. The van der Waals surface area contributed by atoms with Gasteiger partial charge in [-0.25, -0.2) is 14.8 Å². The lowest BCUT2D eigenvalue weighted by molar-refractivity contribution is 0.0219. The van der Waals surface area contributed by atoms with Crippen molar-refractivity contribution in [1.82, 2.24) is 14.9 Å². The summed E-state index contributed by atoms with van der Waals surface area (Å²) in [5.74, 6) is 0. The van der Waals surface area contributed by atoms with E-state index in [9.17, 15) is 9.00 Å². The molecule has 0 bridgehead atoms.